The van der Waals surface area contributed by atoms with Crippen LogP contribution in [0.15, 0.2) is 0 Å². The molecule has 4 rings (SSSR count). The SMILES string of the molecule is CC1(C)CCC(NC2C3C4CCC(C4)C23)C1. The van der Waals surface area contributed by atoms with Crippen molar-refractivity contribution in [2.24, 2.45) is 29.1 Å². The molecule has 4 aliphatic rings. The van der Waals surface area contributed by atoms with Crippen molar-refractivity contribution in [3.8, 4) is 0 Å². The Bertz CT molecular complexity index is 293. The Kier molecular flexibility index (Phi) is 1.89. The molecule has 0 aromatic carbocycles. The van der Waals surface area contributed by atoms with Gasteiger partial charge in [-0.2, -0.15) is 0 Å². The van der Waals surface area contributed by atoms with Gasteiger partial charge in [0.25, 0.3) is 0 Å². The Labute approximate surface area is 99.4 Å². The van der Waals surface area contributed by atoms with Gasteiger partial charge in [-0.05, 0) is 67.6 Å². The molecule has 1 heteroatoms. The van der Waals surface area contributed by atoms with Gasteiger partial charge in [0, 0.05) is 12.1 Å². The minimum absolute atomic E-state index is 0.612. The molecule has 0 aromatic rings. The molecule has 0 saturated heterocycles. The minimum atomic E-state index is 0.612. The smallest absolute Gasteiger partial charge is 0.0138 e. The summed E-state index contributed by atoms with van der Waals surface area (Å²) in [5.41, 5.74) is 0.612. The van der Waals surface area contributed by atoms with Crippen molar-refractivity contribution in [3.05, 3.63) is 0 Å². The molecule has 0 radical (unpaired) electrons. The van der Waals surface area contributed by atoms with Crippen LogP contribution in [0, 0.1) is 29.1 Å². The molecule has 0 amide bonds. The third-order valence-corrected chi connectivity index (χ3v) is 6.13. The van der Waals surface area contributed by atoms with E-state index in [1.54, 1.807) is 19.3 Å². The van der Waals surface area contributed by atoms with Crippen molar-refractivity contribution in [1.29, 1.82) is 0 Å². The monoisotopic (exact) mass is 219 g/mol. The molecule has 4 aliphatic carbocycles. The zero-order valence-corrected chi connectivity index (χ0v) is 10.7. The fraction of sp³-hybridized carbons (Fsp3) is 1.00. The summed E-state index contributed by atoms with van der Waals surface area (Å²) in [4.78, 5) is 0. The van der Waals surface area contributed by atoms with Gasteiger partial charge in [-0.1, -0.05) is 13.8 Å². The molecule has 16 heavy (non-hydrogen) atoms. The van der Waals surface area contributed by atoms with Gasteiger partial charge < -0.3 is 5.32 Å². The highest BCUT2D eigenvalue weighted by Crippen LogP contribution is 2.65. The highest BCUT2D eigenvalue weighted by molar-refractivity contribution is 5.17. The van der Waals surface area contributed by atoms with Crippen LogP contribution in [0.25, 0.3) is 0 Å². The topological polar surface area (TPSA) is 12.0 Å². The second-order valence-corrected chi connectivity index (χ2v) is 7.78. The van der Waals surface area contributed by atoms with E-state index in [1.165, 1.54) is 19.3 Å². The van der Waals surface area contributed by atoms with Crippen LogP contribution in [0.2, 0.25) is 0 Å². The van der Waals surface area contributed by atoms with Crippen molar-refractivity contribution in [3.63, 3.8) is 0 Å². The molecular formula is C15H25N. The van der Waals surface area contributed by atoms with Crippen LogP contribution in [0.3, 0.4) is 0 Å². The lowest BCUT2D eigenvalue weighted by atomic mass is 9.92. The third-order valence-electron chi connectivity index (χ3n) is 6.13. The van der Waals surface area contributed by atoms with Crippen molar-refractivity contribution in [1.82, 2.24) is 5.32 Å². The number of nitrogens with one attached hydrogen (secondary N) is 1. The summed E-state index contributed by atoms with van der Waals surface area (Å²) in [6.07, 6.45) is 8.97. The molecule has 4 saturated carbocycles. The van der Waals surface area contributed by atoms with E-state index < -0.39 is 0 Å². The first-order valence-corrected chi connectivity index (χ1v) is 7.40. The predicted octanol–water partition coefficient (Wildman–Crippen LogP) is 3.20. The zero-order chi connectivity index (χ0) is 10.9. The molecule has 90 valence electrons. The highest BCUT2D eigenvalue weighted by Gasteiger charge is 2.65. The largest absolute Gasteiger partial charge is 0.311 e. The maximum absolute atomic E-state index is 4.01. The number of fused-ring (bicyclic) bond motifs is 5. The molecule has 1 nitrogen and oxygen atoms in total. The Morgan fingerprint density at radius 3 is 2.25 bits per heavy atom. The van der Waals surface area contributed by atoms with Crippen molar-refractivity contribution in [2.75, 3.05) is 0 Å². The Balaban J connectivity index is 1.38. The Morgan fingerprint density at radius 2 is 1.69 bits per heavy atom. The van der Waals surface area contributed by atoms with Crippen LogP contribution >= 0.6 is 0 Å². The molecule has 4 fully saturated rings. The van der Waals surface area contributed by atoms with Crippen molar-refractivity contribution >= 4 is 0 Å². The molecule has 1 N–H and O–H groups in total. The third kappa shape index (κ3) is 1.33. The van der Waals surface area contributed by atoms with Crippen molar-refractivity contribution in [2.45, 2.75) is 64.5 Å². The van der Waals surface area contributed by atoms with E-state index in [0.717, 1.165) is 35.8 Å². The van der Waals surface area contributed by atoms with Crippen LogP contribution in [-0.4, -0.2) is 12.1 Å². The predicted molar refractivity (Wildman–Crippen MR) is 66.2 cm³/mol. The first kappa shape index (κ1) is 9.94. The quantitative estimate of drug-likeness (QED) is 0.752. The number of hydrogen-bond acceptors (Lipinski definition) is 1. The van der Waals surface area contributed by atoms with Gasteiger partial charge in [0.1, 0.15) is 0 Å². The maximum atomic E-state index is 4.01. The molecule has 0 spiro atoms. The summed E-state index contributed by atoms with van der Waals surface area (Å²) in [6, 6.07) is 1.80. The lowest BCUT2D eigenvalue weighted by Crippen LogP contribution is -2.32. The summed E-state index contributed by atoms with van der Waals surface area (Å²) in [5.74, 6) is 4.48. The van der Waals surface area contributed by atoms with Gasteiger partial charge in [0.15, 0.2) is 0 Å². The maximum Gasteiger partial charge on any atom is 0.0138 e. The fourth-order valence-corrected chi connectivity index (χ4v) is 5.40. The van der Waals surface area contributed by atoms with Crippen LogP contribution in [0.5, 0.6) is 0 Å². The molecule has 0 heterocycles. The van der Waals surface area contributed by atoms with Crippen LogP contribution in [-0.2, 0) is 0 Å². The van der Waals surface area contributed by atoms with Gasteiger partial charge in [-0.25, -0.2) is 0 Å². The van der Waals surface area contributed by atoms with E-state index in [9.17, 15) is 0 Å². The standard InChI is InChI=1S/C15H25N/c1-15(2)6-5-11(8-15)16-14-12-9-3-4-10(7-9)13(12)14/h9-14,16H,3-8H2,1-2H3. The van der Waals surface area contributed by atoms with Crippen LogP contribution < -0.4 is 5.32 Å². The number of hydrogen-bond donors (Lipinski definition) is 1. The highest BCUT2D eigenvalue weighted by atomic mass is 15.1. The summed E-state index contributed by atoms with van der Waals surface area (Å²) < 4.78 is 0. The second-order valence-electron chi connectivity index (χ2n) is 7.78. The molecule has 0 aliphatic heterocycles. The van der Waals surface area contributed by atoms with E-state index >= 15 is 0 Å². The average Bonchev–Trinajstić information content (AvgIpc) is 2.63. The van der Waals surface area contributed by atoms with Crippen molar-refractivity contribution < 1.29 is 0 Å². The van der Waals surface area contributed by atoms with E-state index in [-0.39, 0.29) is 0 Å². The first-order chi connectivity index (χ1) is 7.64. The summed E-state index contributed by atoms with van der Waals surface area (Å²) >= 11 is 0. The zero-order valence-electron chi connectivity index (χ0n) is 10.7. The lowest BCUT2D eigenvalue weighted by Gasteiger charge is -2.19. The van der Waals surface area contributed by atoms with Gasteiger partial charge in [0.2, 0.25) is 0 Å². The molecular weight excluding hydrogens is 194 g/mol. The Hall–Kier alpha value is -0.0400. The normalized spacial score (nSPS) is 56.6. The van der Waals surface area contributed by atoms with Gasteiger partial charge in [-0.3, -0.25) is 0 Å². The molecule has 5 atom stereocenters. The van der Waals surface area contributed by atoms with E-state index in [4.69, 9.17) is 0 Å². The Morgan fingerprint density at radius 1 is 1.00 bits per heavy atom. The van der Waals surface area contributed by atoms with Crippen LogP contribution in [0.1, 0.15) is 52.4 Å². The first-order valence-electron chi connectivity index (χ1n) is 7.40. The summed E-state index contributed by atoms with van der Waals surface area (Å²) in [5, 5.41) is 4.01. The van der Waals surface area contributed by atoms with Gasteiger partial charge in [0.05, 0.1) is 0 Å². The van der Waals surface area contributed by atoms with E-state index in [1.807, 2.05) is 0 Å². The minimum Gasteiger partial charge on any atom is -0.311 e. The summed E-state index contributed by atoms with van der Waals surface area (Å²) in [6.45, 7) is 4.87. The van der Waals surface area contributed by atoms with Gasteiger partial charge >= 0.3 is 0 Å². The summed E-state index contributed by atoms with van der Waals surface area (Å²) in [7, 11) is 0. The fourth-order valence-electron chi connectivity index (χ4n) is 5.40. The second kappa shape index (κ2) is 3.04. The van der Waals surface area contributed by atoms with Crippen LogP contribution in [0.4, 0.5) is 0 Å². The molecule has 2 bridgehead atoms. The molecule has 5 unspecified atom stereocenters. The molecule has 0 aromatic heterocycles. The van der Waals surface area contributed by atoms with Gasteiger partial charge in [-0.15, -0.1) is 0 Å². The van der Waals surface area contributed by atoms with E-state index in [0.29, 0.717) is 5.41 Å². The number of rotatable bonds is 2. The average molecular weight is 219 g/mol. The van der Waals surface area contributed by atoms with E-state index in [2.05, 4.69) is 19.2 Å². The lowest BCUT2D eigenvalue weighted by molar-refractivity contribution is 0.353.